The summed E-state index contributed by atoms with van der Waals surface area (Å²) in [4.78, 5) is 12.5. The number of carbonyl (C=O) groups excluding carboxylic acids is 1. The van der Waals surface area contributed by atoms with Crippen LogP contribution in [0.1, 0.15) is 28.9 Å². The van der Waals surface area contributed by atoms with E-state index in [1.807, 2.05) is 0 Å². The van der Waals surface area contributed by atoms with E-state index in [0.29, 0.717) is 22.7 Å². The first-order valence-corrected chi connectivity index (χ1v) is 9.63. The van der Waals surface area contributed by atoms with Crippen LogP contribution in [0.2, 0.25) is 0 Å². The summed E-state index contributed by atoms with van der Waals surface area (Å²) in [6.07, 6.45) is 1.06. The van der Waals surface area contributed by atoms with E-state index in [4.69, 9.17) is 9.47 Å². The number of carbonyl (C=O) groups is 1. The number of aromatic hydroxyl groups is 1. The Kier molecular flexibility index (Phi) is 4.64. The van der Waals surface area contributed by atoms with Crippen LogP contribution in [0.4, 0.5) is 5.69 Å². The number of amides is 1. The first kappa shape index (κ1) is 17.9. The van der Waals surface area contributed by atoms with Gasteiger partial charge in [0.2, 0.25) is 16.8 Å². The molecule has 0 radical (unpaired) electrons. The normalized spacial score (nSPS) is 13.9. The zero-order chi connectivity index (χ0) is 18.9. The lowest BCUT2D eigenvalue weighted by Gasteiger charge is -2.16. The maximum atomic E-state index is 12.5. The van der Waals surface area contributed by atoms with E-state index < -0.39 is 22.0 Å². The molecule has 0 aliphatic carbocycles. The van der Waals surface area contributed by atoms with E-state index in [9.17, 15) is 18.3 Å². The topological polar surface area (TPSA) is 114 Å². The molecule has 9 heteroatoms. The van der Waals surface area contributed by atoms with Crippen molar-refractivity contribution in [3.05, 3.63) is 47.5 Å². The molecule has 0 bridgehead atoms. The lowest BCUT2D eigenvalue weighted by Crippen LogP contribution is -2.26. The molecule has 138 valence electrons. The molecular weight excluding hydrogens is 360 g/mol. The molecule has 0 aromatic heterocycles. The molecule has 3 rings (SSSR count). The predicted octanol–water partition coefficient (Wildman–Crippen LogP) is 1.98. The number of fused-ring (bicyclic) bond motifs is 1. The van der Waals surface area contributed by atoms with Crippen molar-refractivity contribution in [3.8, 4) is 17.2 Å². The van der Waals surface area contributed by atoms with Crippen LogP contribution in [-0.2, 0) is 10.0 Å². The van der Waals surface area contributed by atoms with Gasteiger partial charge in [0.1, 0.15) is 5.75 Å². The van der Waals surface area contributed by atoms with Crippen molar-refractivity contribution in [1.29, 1.82) is 0 Å². The summed E-state index contributed by atoms with van der Waals surface area (Å²) in [5, 5.41) is 12.8. The van der Waals surface area contributed by atoms with Gasteiger partial charge in [-0.1, -0.05) is 12.1 Å². The van der Waals surface area contributed by atoms with Gasteiger partial charge in [0.25, 0.3) is 5.91 Å². The van der Waals surface area contributed by atoms with Gasteiger partial charge in [-0.25, -0.2) is 8.42 Å². The number of hydrogen-bond acceptors (Lipinski definition) is 6. The quantitative estimate of drug-likeness (QED) is 0.733. The molecule has 0 fully saturated rings. The molecule has 26 heavy (non-hydrogen) atoms. The molecule has 8 nitrogen and oxygen atoms in total. The van der Waals surface area contributed by atoms with Gasteiger partial charge in [0.05, 0.1) is 17.9 Å². The van der Waals surface area contributed by atoms with Crippen molar-refractivity contribution in [3.63, 3.8) is 0 Å². The molecule has 1 heterocycles. The number of sulfonamides is 1. The van der Waals surface area contributed by atoms with Crippen molar-refractivity contribution in [2.75, 3.05) is 17.8 Å². The number of ether oxygens (including phenoxy) is 2. The Morgan fingerprint density at radius 2 is 1.88 bits per heavy atom. The van der Waals surface area contributed by atoms with Gasteiger partial charge in [-0.05, 0) is 24.6 Å². The monoisotopic (exact) mass is 378 g/mol. The van der Waals surface area contributed by atoms with E-state index in [1.54, 1.807) is 31.2 Å². The van der Waals surface area contributed by atoms with Crippen LogP contribution in [-0.4, -0.2) is 32.5 Å². The third kappa shape index (κ3) is 3.99. The van der Waals surface area contributed by atoms with Gasteiger partial charge in [-0.3, -0.25) is 9.52 Å². The highest BCUT2D eigenvalue weighted by Crippen LogP contribution is 2.37. The SMILES string of the molecule is CC(NC(=O)c1cc2c(cc1O)OCO2)c1cccc(NS(C)(=O)=O)c1. The molecule has 0 spiro atoms. The van der Waals surface area contributed by atoms with Gasteiger partial charge in [0, 0.05) is 17.8 Å². The van der Waals surface area contributed by atoms with Gasteiger partial charge < -0.3 is 19.9 Å². The minimum Gasteiger partial charge on any atom is -0.507 e. The minimum atomic E-state index is -3.39. The van der Waals surface area contributed by atoms with Crippen molar-refractivity contribution in [1.82, 2.24) is 5.32 Å². The van der Waals surface area contributed by atoms with E-state index in [2.05, 4.69) is 10.0 Å². The Balaban J connectivity index is 1.77. The molecular formula is C17H18N2O6S. The van der Waals surface area contributed by atoms with Crippen LogP contribution >= 0.6 is 0 Å². The van der Waals surface area contributed by atoms with Gasteiger partial charge in [-0.15, -0.1) is 0 Å². The fourth-order valence-electron chi connectivity index (χ4n) is 2.56. The molecule has 0 saturated carbocycles. The Hall–Kier alpha value is -2.94. The molecule has 2 aromatic carbocycles. The van der Waals surface area contributed by atoms with Crippen molar-refractivity contribution >= 4 is 21.6 Å². The number of benzene rings is 2. The molecule has 1 amide bonds. The molecule has 1 atom stereocenters. The summed E-state index contributed by atoms with van der Waals surface area (Å²) in [5.41, 5.74) is 1.16. The second-order valence-corrected chi connectivity index (χ2v) is 7.67. The summed E-state index contributed by atoms with van der Waals surface area (Å²) in [5.74, 6) is 0.0628. The molecule has 1 unspecified atom stereocenters. The van der Waals surface area contributed by atoms with Crippen LogP contribution in [0.25, 0.3) is 0 Å². The van der Waals surface area contributed by atoms with Crippen molar-refractivity contribution in [2.24, 2.45) is 0 Å². The largest absolute Gasteiger partial charge is 0.507 e. The molecule has 1 aliphatic rings. The highest BCUT2D eigenvalue weighted by Gasteiger charge is 2.22. The fourth-order valence-corrected chi connectivity index (χ4v) is 3.11. The van der Waals surface area contributed by atoms with E-state index >= 15 is 0 Å². The molecule has 0 saturated heterocycles. The zero-order valence-corrected chi connectivity index (χ0v) is 15.0. The van der Waals surface area contributed by atoms with Crippen LogP contribution in [0.3, 0.4) is 0 Å². The summed E-state index contributed by atoms with van der Waals surface area (Å²) in [6.45, 7) is 1.79. The third-order valence-electron chi connectivity index (χ3n) is 3.77. The number of phenolic OH excluding ortho intramolecular Hbond substituents is 1. The minimum absolute atomic E-state index is 0.0381. The number of hydrogen-bond donors (Lipinski definition) is 3. The Morgan fingerprint density at radius 3 is 2.58 bits per heavy atom. The lowest BCUT2D eigenvalue weighted by atomic mass is 10.1. The standard InChI is InChI=1S/C17H18N2O6S/c1-10(11-4-3-5-12(6-11)19-26(2,22)23)18-17(21)13-7-15-16(8-14(13)20)25-9-24-15/h3-8,10,19-20H,9H2,1-2H3,(H,18,21). The summed E-state index contributed by atoms with van der Waals surface area (Å²) in [6, 6.07) is 9.02. The average Bonchev–Trinajstić information content (AvgIpc) is 2.99. The molecule has 3 N–H and O–H groups in total. The van der Waals surface area contributed by atoms with Crippen LogP contribution in [0.5, 0.6) is 17.2 Å². The number of anilines is 1. The smallest absolute Gasteiger partial charge is 0.255 e. The van der Waals surface area contributed by atoms with Crippen molar-refractivity contribution in [2.45, 2.75) is 13.0 Å². The first-order chi connectivity index (χ1) is 12.2. The molecule has 2 aromatic rings. The second kappa shape index (κ2) is 6.75. The van der Waals surface area contributed by atoms with E-state index in [-0.39, 0.29) is 18.1 Å². The zero-order valence-electron chi connectivity index (χ0n) is 14.1. The predicted molar refractivity (Wildman–Crippen MR) is 95.0 cm³/mol. The Labute approximate surface area is 150 Å². The maximum Gasteiger partial charge on any atom is 0.255 e. The third-order valence-corrected chi connectivity index (χ3v) is 4.38. The van der Waals surface area contributed by atoms with E-state index in [1.165, 1.54) is 12.1 Å². The summed E-state index contributed by atoms with van der Waals surface area (Å²) < 4.78 is 35.4. The van der Waals surface area contributed by atoms with Crippen LogP contribution in [0, 0.1) is 0 Å². The molecule has 1 aliphatic heterocycles. The van der Waals surface area contributed by atoms with Gasteiger partial charge in [0.15, 0.2) is 11.5 Å². The van der Waals surface area contributed by atoms with Crippen LogP contribution < -0.4 is 19.5 Å². The van der Waals surface area contributed by atoms with Crippen molar-refractivity contribution < 1.29 is 27.8 Å². The highest BCUT2D eigenvalue weighted by molar-refractivity contribution is 7.92. The number of rotatable bonds is 5. The average molecular weight is 378 g/mol. The van der Waals surface area contributed by atoms with E-state index in [0.717, 1.165) is 6.26 Å². The summed E-state index contributed by atoms with van der Waals surface area (Å²) >= 11 is 0. The maximum absolute atomic E-state index is 12.5. The summed E-state index contributed by atoms with van der Waals surface area (Å²) in [7, 11) is -3.39. The fraction of sp³-hybridized carbons (Fsp3) is 0.235. The number of phenols is 1. The van der Waals surface area contributed by atoms with Gasteiger partial charge in [-0.2, -0.15) is 0 Å². The lowest BCUT2D eigenvalue weighted by molar-refractivity contribution is 0.0936. The highest BCUT2D eigenvalue weighted by atomic mass is 32.2. The van der Waals surface area contributed by atoms with Crippen LogP contribution in [0.15, 0.2) is 36.4 Å². The Bertz CT molecular complexity index is 958. The second-order valence-electron chi connectivity index (χ2n) is 5.92. The number of nitrogens with one attached hydrogen (secondary N) is 2. The van der Waals surface area contributed by atoms with Gasteiger partial charge >= 0.3 is 0 Å². The Morgan fingerprint density at radius 1 is 1.19 bits per heavy atom. The first-order valence-electron chi connectivity index (χ1n) is 7.74.